The van der Waals surface area contributed by atoms with Gasteiger partial charge in [-0.25, -0.2) is 4.39 Å². The van der Waals surface area contributed by atoms with E-state index in [1.807, 2.05) is 7.05 Å². The Labute approximate surface area is 112 Å². The van der Waals surface area contributed by atoms with Gasteiger partial charge in [-0.15, -0.1) is 0 Å². The molecule has 0 spiro atoms. The van der Waals surface area contributed by atoms with Crippen LogP contribution in [-0.2, 0) is 19.6 Å². The molecule has 2 nitrogen and oxygen atoms in total. The first-order valence-corrected chi connectivity index (χ1v) is 6.52. The van der Waals surface area contributed by atoms with Gasteiger partial charge in [0.05, 0.1) is 0 Å². The number of fused-ring (bicyclic) bond motifs is 1. The summed E-state index contributed by atoms with van der Waals surface area (Å²) in [4.78, 5) is 2.22. The fourth-order valence-corrected chi connectivity index (χ4v) is 2.64. The molecule has 2 aromatic rings. The molecule has 3 rings (SSSR count). The van der Waals surface area contributed by atoms with Crippen LogP contribution in [0.5, 0.6) is 0 Å². The maximum Gasteiger partial charge on any atom is 0.125 e. The van der Waals surface area contributed by atoms with Crippen LogP contribution < -0.4 is 10.2 Å². The highest BCUT2D eigenvalue weighted by atomic mass is 19.1. The normalized spacial score (nSPS) is 13.7. The molecule has 0 radical (unpaired) electrons. The predicted molar refractivity (Wildman–Crippen MR) is 75.5 cm³/mol. The van der Waals surface area contributed by atoms with Crippen molar-refractivity contribution in [3.63, 3.8) is 0 Å². The van der Waals surface area contributed by atoms with Gasteiger partial charge in [-0.3, -0.25) is 0 Å². The number of hydrogen-bond donors (Lipinski definition) is 1. The van der Waals surface area contributed by atoms with Crippen molar-refractivity contribution in [2.45, 2.75) is 19.6 Å². The van der Waals surface area contributed by atoms with Crippen molar-refractivity contribution < 1.29 is 4.39 Å². The zero-order valence-corrected chi connectivity index (χ0v) is 11.0. The standard InChI is InChI=1S/C16H17FN2/c1-18-9-12-6-15(17)8-16(7-12)19-10-13-4-2-3-5-14(13)11-19/h2-8,18H,9-11H2,1H3. The monoisotopic (exact) mass is 256 g/mol. The van der Waals surface area contributed by atoms with Gasteiger partial charge in [0.25, 0.3) is 0 Å². The third-order valence-electron chi connectivity index (χ3n) is 3.53. The number of rotatable bonds is 3. The quantitative estimate of drug-likeness (QED) is 0.908. The summed E-state index contributed by atoms with van der Waals surface area (Å²) >= 11 is 0. The first-order chi connectivity index (χ1) is 9.26. The Morgan fingerprint density at radius 3 is 2.42 bits per heavy atom. The zero-order valence-electron chi connectivity index (χ0n) is 11.0. The van der Waals surface area contributed by atoms with Crippen molar-refractivity contribution in [3.05, 3.63) is 65.0 Å². The highest BCUT2D eigenvalue weighted by Crippen LogP contribution is 2.29. The minimum absolute atomic E-state index is 0.168. The summed E-state index contributed by atoms with van der Waals surface area (Å²) in [6.45, 7) is 2.41. The molecule has 1 heterocycles. The van der Waals surface area contributed by atoms with Gasteiger partial charge in [0.2, 0.25) is 0 Å². The van der Waals surface area contributed by atoms with Crippen LogP contribution in [0.2, 0.25) is 0 Å². The van der Waals surface area contributed by atoms with Gasteiger partial charge >= 0.3 is 0 Å². The molecular formula is C16H17FN2. The molecule has 1 N–H and O–H groups in total. The highest BCUT2D eigenvalue weighted by Gasteiger charge is 2.19. The van der Waals surface area contributed by atoms with Gasteiger partial charge in [-0.05, 0) is 41.9 Å². The van der Waals surface area contributed by atoms with Crippen LogP contribution >= 0.6 is 0 Å². The van der Waals surface area contributed by atoms with Crippen molar-refractivity contribution in [2.75, 3.05) is 11.9 Å². The number of anilines is 1. The van der Waals surface area contributed by atoms with Gasteiger partial charge in [-0.1, -0.05) is 24.3 Å². The van der Waals surface area contributed by atoms with E-state index in [4.69, 9.17) is 0 Å². The SMILES string of the molecule is CNCc1cc(F)cc(N2Cc3ccccc3C2)c1. The van der Waals surface area contributed by atoms with Crippen LogP contribution in [0.1, 0.15) is 16.7 Å². The fourth-order valence-electron chi connectivity index (χ4n) is 2.64. The van der Waals surface area contributed by atoms with E-state index in [0.717, 1.165) is 24.3 Å². The molecule has 0 fully saturated rings. The lowest BCUT2D eigenvalue weighted by Crippen LogP contribution is -2.15. The van der Waals surface area contributed by atoms with Crippen molar-refractivity contribution in [1.82, 2.24) is 5.32 Å². The molecule has 0 bridgehead atoms. The minimum Gasteiger partial charge on any atom is -0.363 e. The minimum atomic E-state index is -0.168. The Balaban J connectivity index is 1.88. The van der Waals surface area contributed by atoms with E-state index in [-0.39, 0.29) is 5.82 Å². The molecule has 1 aliphatic rings. The number of halogens is 1. The van der Waals surface area contributed by atoms with E-state index >= 15 is 0 Å². The van der Waals surface area contributed by atoms with Gasteiger partial charge in [0.1, 0.15) is 5.82 Å². The third kappa shape index (κ3) is 2.47. The molecular weight excluding hydrogens is 239 g/mol. The molecule has 98 valence electrons. The number of nitrogens with zero attached hydrogens (tertiary/aromatic N) is 1. The summed E-state index contributed by atoms with van der Waals surface area (Å²) in [5.41, 5.74) is 4.61. The van der Waals surface area contributed by atoms with E-state index in [1.54, 1.807) is 12.1 Å². The molecule has 0 saturated heterocycles. The van der Waals surface area contributed by atoms with Crippen LogP contribution in [0.25, 0.3) is 0 Å². The topological polar surface area (TPSA) is 15.3 Å². The van der Waals surface area contributed by atoms with Crippen molar-refractivity contribution in [3.8, 4) is 0 Å². The first-order valence-electron chi connectivity index (χ1n) is 6.52. The van der Waals surface area contributed by atoms with Crippen molar-refractivity contribution in [1.29, 1.82) is 0 Å². The Kier molecular flexibility index (Phi) is 3.22. The van der Waals surface area contributed by atoms with Crippen LogP contribution in [-0.4, -0.2) is 7.05 Å². The van der Waals surface area contributed by atoms with Crippen LogP contribution in [0, 0.1) is 5.82 Å². The first kappa shape index (κ1) is 12.2. The van der Waals surface area contributed by atoms with E-state index in [9.17, 15) is 4.39 Å². The van der Waals surface area contributed by atoms with Gasteiger partial charge < -0.3 is 10.2 Å². The molecule has 0 saturated carbocycles. The van der Waals surface area contributed by atoms with Gasteiger partial charge in [0.15, 0.2) is 0 Å². The number of nitrogens with one attached hydrogen (secondary N) is 1. The summed E-state index contributed by atoms with van der Waals surface area (Å²) in [6.07, 6.45) is 0. The average Bonchev–Trinajstić information content (AvgIpc) is 2.82. The lowest BCUT2D eigenvalue weighted by atomic mass is 10.1. The van der Waals surface area contributed by atoms with Gasteiger partial charge in [0, 0.05) is 25.3 Å². The maximum absolute atomic E-state index is 13.7. The Hall–Kier alpha value is -1.87. The second-order valence-electron chi connectivity index (χ2n) is 4.97. The van der Waals surface area contributed by atoms with E-state index in [2.05, 4.69) is 40.5 Å². The van der Waals surface area contributed by atoms with E-state index in [0.29, 0.717) is 6.54 Å². The second kappa shape index (κ2) is 5.02. The largest absolute Gasteiger partial charge is 0.363 e. The van der Waals surface area contributed by atoms with Gasteiger partial charge in [-0.2, -0.15) is 0 Å². The molecule has 0 aliphatic carbocycles. The molecule has 0 atom stereocenters. The number of hydrogen-bond acceptors (Lipinski definition) is 2. The van der Waals surface area contributed by atoms with Crippen LogP contribution in [0.4, 0.5) is 10.1 Å². The lowest BCUT2D eigenvalue weighted by Gasteiger charge is -2.19. The molecule has 0 amide bonds. The Bertz CT molecular complexity index is 570. The molecule has 19 heavy (non-hydrogen) atoms. The summed E-state index contributed by atoms with van der Waals surface area (Å²) < 4.78 is 13.7. The summed E-state index contributed by atoms with van der Waals surface area (Å²) in [7, 11) is 1.87. The summed E-state index contributed by atoms with van der Waals surface area (Å²) in [5, 5.41) is 3.06. The van der Waals surface area contributed by atoms with Crippen LogP contribution in [0.3, 0.4) is 0 Å². The summed E-state index contributed by atoms with van der Waals surface area (Å²) in [6, 6.07) is 13.7. The second-order valence-corrected chi connectivity index (χ2v) is 4.97. The summed E-state index contributed by atoms with van der Waals surface area (Å²) in [5.74, 6) is -0.168. The molecule has 1 aliphatic heterocycles. The lowest BCUT2D eigenvalue weighted by molar-refractivity contribution is 0.622. The average molecular weight is 256 g/mol. The predicted octanol–water partition coefficient (Wildman–Crippen LogP) is 3.07. The molecule has 3 heteroatoms. The van der Waals surface area contributed by atoms with E-state index in [1.165, 1.54) is 11.1 Å². The zero-order chi connectivity index (χ0) is 13.2. The van der Waals surface area contributed by atoms with Crippen LogP contribution in [0.15, 0.2) is 42.5 Å². The molecule has 2 aromatic carbocycles. The highest BCUT2D eigenvalue weighted by molar-refractivity contribution is 5.53. The molecule has 0 unspecified atom stereocenters. The smallest absolute Gasteiger partial charge is 0.125 e. The maximum atomic E-state index is 13.7. The Morgan fingerprint density at radius 1 is 1.11 bits per heavy atom. The van der Waals surface area contributed by atoms with Crippen molar-refractivity contribution in [2.24, 2.45) is 0 Å². The Morgan fingerprint density at radius 2 is 1.79 bits per heavy atom. The van der Waals surface area contributed by atoms with Crippen molar-refractivity contribution >= 4 is 5.69 Å². The fraction of sp³-hybridized carbons (Fsp3) is 0.250. The number of benzene rings is 2. The third-order valence-corrected chi connectivity index (χ3v) is 3.53. The van der Waals surface area contributed by atoms with E-state index < -0.39 is 0 Å². The molecule has 0 aromatic heterocycles.